The number of hydrogen-bond acceptors (Lipinski definition) is 4. The van der Waals surface area contributed by atoms with E-state index >= 15 is 0 Å². The maximum atomic E-state index is 12.8. The number of para-hydroxylation sites is 1. The molecule has 2 aromatic rings. The van der Waals surface area contributed by atoms with Crippen molar-refractivity contribution >= 4 is 52.3 Å². The Morgan fingerprint density at radius 2 is 1.76 bits per heavy atom. The quantitative estimate of drug-likeness (QED) is 0.592. The largest absolute Gasteiger partial charge is 0.493 e. The summed E-state index contributed by atoms with van der Waals surface area (Å²) in [5.41, 5.74) is 0.561. The Kier molecular flexibility index (Phi) is 8.44. The van der Waals surface area contributed by atoms with Crippen molar-refractivity contribution in [3.8, 4) is 11.5 Å². The maximum absolute atomic E-state index is 12.8. The zero-order valence-electron chi connectivity index (χ0n) is 16.2. The summed E-state index contributed by atoms with van der Waals surface area (Å²) in [7, 11) is 2.96. The Bertz CT molecular complexity index is 885. The van der Waals surface area contributed by atoms with E-state index in [9.17, 15) is 9.59 Å². The fraction of sp³-hybridized carbons (Fsp3) is 0.300. The third kappa shape index (κ3) is 5.92. The number of nitrogens with one attached hydrogen (secondary N) is 1. The van der Waals surface area contributed by atoms with E-state index in [2.05, 4.69) is 5.32 Å². The summed E-state index contributed by atoms with van der Waals surface area (Å²) in [5, 5.41) is 3.48. The Balaban J connectivity index is 2.13. The molecule has 0 radical (unpaired) electrons. The first kappa shape index (κ1) is 23.1. The van der Waals surface area contributed by atoms with Crippen LogP contribution in [0.4, 0.5) is 5.69 Å². The van der Waals surface area contributed by atoms with Gasteiger partial charge in [-0.25, -0.2) is 0 Å². The molecule has 0 aliphatic carbocycles. The van der Waals surface area contributed by atoms with E-state index in [0.717, 1.165) is 6.42 Å². The first-order valence-corrected chi connectivity index (χ1v) is 9.91. The molecule has 0 aromatic heterocycles. The molecular formula is C20H21Cl3N2O4. The number of halogens is 3. The van der Waals surface area contributed by atoms with E-state index in [4.69, 9.17) is 44.3 Å². The smallest absolute Gasteiger partial charge is 0.254 e. The van der Waals surface area contributed by atoms with Crippen molar-refractivity contribution in [1.82, 2.24) is 4.90 Å². The number of amides is 2. The van der Waals surface area contributed by atoms with E-state index in [0.29, 0.717) is 33.8 Å². The highest BCUT2D eigenvalue weighted by atomic mass is 35.5. The van der Waals surface area contributed by atoms with Crippen LogP contribution in [0.25, 0.3) is 0 Å². The number of methoxy groups -OCH3 is 1. The fourth-order valence-corrected chi connectivity index (χ4v) is 3.25. The molecule has 0 aliphatic rings. The molecule has 0 spiro atoms. The molecule has 0 fully saturated rings. The van der Waals surface area contributed by atoms with Crippen LogP contribution in [0.1, 0.15) is 23.7 Å². The second kappa shape index (κ2) is 10.6. The van der Waals surface area contributed by atoms with Gasteiger partial charge in [0.25, 0.3) is 5.91 Å². The minimum absolute atomic E-state index is 0.214. The monoisotopic (exact) mass is 458 g/mol. The summed E-state index contributed by atoms with van der Waals surface area (Å²) in [4.78, 5) is 26.3. The molecule has 2 amide bonds. The highest BCUT2D eigenvalue weighted by Gasteiger charge is 2.20. The Morgan fingerprint density at radius 3 is 2.34 bits per heavy atom. The lowest BCUT2D eigenvalue weighted by Gasteiger charge is -2.19. The molecule has 156 valence electrons. The number of rotatable bonds is 8. The van der Waals surface area contributed by atoms with E-state index in [1.165, 1.54) is 31.2 Å². The van der Waals surface area contributed by atoms with E-state index in [1.807, 2.05) is 6.92 Å². The molecule has 2 aromatic carbocycles. The Morgan fingerprint density at radius 1 is 1.10 bits per heavy atom. The summed E-state index contributed by atoms with van der Waals surface area (Å²) in [6.45, 7) is 2.22. The normalized spacial score (nSPS) is 10.4. The van der Waals surface area contributed by atoms with E-state index in [1.54, 1.807) is 18.2 Å². The summed E-state index contributed by atoms with van der Waals surface area (Å²) >= 11 is 18.4. The molecule has 0 aliphatic heterocycles. The van der Waals surface area contributed by atoms with Crippen LogP contribution in [0.3, 0.4) is 0 Å². The van der Waals surface area contributed by atoms with Crippen molar-refractivity contribution in [3.63, 3.8) is 0 Å². The molecule has 2 rings (SSSR count). The number of nitrogens with zero attached hydrogens (tertiary/aromatic N) is 1. The van der Waals surface area contributed by atoms with Gasteiger partial charge in [-0.2, -0.15) is 0 Å². The second-order valence-electron chi connectivity index (χ2n) is 6.14. The van der Waals surface area contributed by atoms with Gasteiger partial charge in [0.1, 0.15) is 0 Å². The van der Waals surface area contributed by atoms with Crippen LogP contribution in [0, 0.1) is 0 Å². The Labute approximate surface area is 184 Å². The molecule has 29 heavy (non-hydrogen) atoms. The van der Waals surface area contributed by atoms with E-state index < -0.39 is 11.8 Å². The first-order valence-electron chi connectivity index (χ1n) is 8.78. The predicted octanol–water partition coefficient (Wildman–Crippen LogP) is 5.15. The minimum atomic E-state index is -0.447. The van der Waals surface area contributed by atoms with Gasteiger partial charge >= 0.3 is 0 Å². The van der Waals surface area contributed by atoms with Crippen LogP contribution in [0.15, 0.2) is 30.3 Å². The SMILES string of the molecule is CCCOc1c(Cl)cc(C(=O)N(C)CC(=O)Nc2c(Cl)cccc2Cl)cc1OC. The lowest BCUT2D eigenvalue weighted by Crippen LogP contribution is -2.35. The van der Waals surface area contributed by atoms with Crippen LogP contribution in [0.5, 0.6) is 11.5 Å². The third-order valence-electron chi connectivity index (χ3n) is 3.88. The topological polar surface area (TPSA) is 67.9 Å². The van der Waals surface area contributed by atoms with E-state index in [-0.39, 0.29) is 17.1 Å². The summed E-state index contributed by atoms with van der Waals surface area (Å²) in [6, 6.07) is 7.89. The molecule has 6 nitrogen and oxygen atoms in total. The maximum Gasteiger partial charge on any atom is 0.254 e. The molecule has 1 N–H and O–H groups in total. The third-order valence-corrected chi connectivity index (χ3v) is 4.79. The van der Waals surface area contributed by atoms with Crippen molar-refractivity contribution in [3.05, 3.63) is 51.0 Å². The molecular weight excluding hydrogens is 439 g/mol. The highest BCUT2D eigenvalue weighted by molar-refractivity contribution is 6.39. The summed E-state index contributed by atoms with van der Waals surface area (Å²) in [6.07, 6.45) is 0.799. The number of likely N-dealkylation sites (N-methyl/N-ethyl adjacent to an activating group) is 1. The van der Waals surface area contributed by atoms with Crippen LogP contribution >= 0.6 is 34.8 Å². The lowest BCUT2D eigenvalue weighted by molar-refractivity contribution is -0.116. The lowest BCUT2D eigenvalue weighted by atomic mass is 10.1. The zero-order chi connectivity index (χ0) is 21.6. The van der Waals surface area contributed by atoms with Gasteiger partial charge in [0.15, 0.2) is 11.5 Å². The first-order chi connectivity index (χ1) is 13.8. The van der Waals surface area contributed by atoms with Crippen molar-refractivity contribution in [2.75, 3.05) is 32.6 Å². The van der Waals surface area contributed by atoms with Gasteiger partial charge in [-0.3, -0.25) is 9.59 Å². The minimum Gasteiger partial charge on any atom is -0.493 e. The highest BCUT2D eigenvalue weighted by Crippen LogP contribution is 2.37. The predicted molar refractivity (Wildman–Crippen MR) is 116 cm³/mol. The molecule has 0 atom stereocenters. The fourth-order valence-electron chi connectivity index (χ4n) is 2.49. The second-order valence-corrected chi connectivity index (χ2v) is 7.37. The van der Waals surface area contributed by atoms with Crippen molar-refractivity contribution < 1.29 is 19.1 Å². The van der Waals surface area contributed by atoms with Crippen LogP contribution in [-0.2, 0) is 4.79 Å². The van der Waals surface area contributed by atoms with Crippen molar-refractivity contribution in [2.24, 2.45) is 0 Å². The van der Waals surface area contributed by atoms with Crippen molar-refractivity contribution in [2.45, 2.75) is 13.3 Å². The number of hydrogen-bond donors (Lipinski definition) is 1. The standard InChI is InChI=1S/C20H21Cl3N2O4/c1-4-8-29-19-15(23)9-12(10-16(19)28-3)20(27)25(2)11-17(26)24-18-13(21)6-5-7-14(18)22/h5-7,9-10H,4,8,11H2,1-3H3,(H,24,26). The van der Waals surface area contributed by atoms with Gasteiger partial charge in [-0.05, 0) is 30.7 Å². The molecule has 0 heterocycles. The van der Waals surface area contributed by atoms with Crippen molar-refractivity contribution in [1.29, 1.82) is 0 Å². The molecule has 9 heteroatoms. The molecule has 0 unspecified atom stereocenters. The van der Waals surface area contributed by atoms with Gasteiger partial charge < -0.3 is 19.7 Å². The summed E-state index contributed by atoms with van der Waals surface area (Å²) in [5.74, 6) is -0.138. The molecule has 0 bridgehead atoms. The van der Waals surface area contributed by atoms with Gasteiger partial charge in [0.05, 0.1) is 41.0 Å². The van der Waals surface area contributed by atoms with Crippen LogP contribution in [0.2, 0.25) is 15.1 Å². The number of carbonyl (C=O) groups excluding carboxylic acids is 2. The van der Waals surface area contributed by atoms with Gasteiger partial charge in [0, 0.05) is 12.6 Å². The van der Waals surface area contributed by atoms with Gasteiger partial charge in [0.2, 0.25) is 5.91 Å². The van der Waals surface area contributed by atoms with Crippen LogP contribution < -0.4 is 14.8 Å². The number of ether oxygens (including phenoxy) is 2. The number of carbonyl (C=O) groups is 2. The molecule has 0 saturated carbocycles. The summed E-state index contributed by atoms with van der Waals surface area (Å²) < 4.78 is 10.9. The molecule has 0 saturated heterocycles. The average molecular weight is 460 g/mol. The average Bonchev–Trinajstić information content (AvgIpc) is 2.68. The number of anilines is 1. The Hall–Kier alpha value is -2.15. The van der Waals surface area contributed by atoms with Crippen LogP contribution in [-0.4, -0.2) is 44.0 Å². The number of benzene rings is 2. The van der Waals surface area contributed by atoms with Gasteiger partial charge in [-0.15, -0.1) is 0 Å². The van der Waals surface area contributed by atoms with Gasteiger partial charge in [-0.1, -0.05) is 47.8 Å². The zero-order valence-corrected chi connectivity index (χ0v) is 18.5.